The molecule has 1 aliphatic heterocycles. The molecule has 0 radical (unpaired) electrons. The summed E-state index contributed by atoms with van der Waals surface area (Å²) in [6.07, 6.45) is 6.84. The monoisotopic (exact) mass is 487 g/mol. The summed E-state index contributed by atoms with van der Waals surface area (Å²) in [6, 6.07) is 19.9. The summed E-state index contributed by atoms with van der Waals surface area (Å²) in [5.74, 6) is 0. The number of urea groups is 1. The molecule has 2 aliphatic rings. The number of carbonyl (C=O) groups excluding carboxylic acids is 1. The number of anilines is 1. The van der Waals surface area contributed by atoms with E-state index in [-0.39, 0.29) is 12.1 Å². The van der Waals surface area contributed by atoms with Crippen LogP contribution in [0, 0.1) is 6.92 Å². The zero-order chi connectivity index (χ0) is 23.2. The molecule has 1 N–H and O–H groups in total. The van der Waals surface area contributed by atoms with Crippen molar-refractivity contribution in [3.05, 3.63) is 105 Å². The molecule has 2 aromatic heterocycles. The Kier molecular flexibility index (Phi) is 5.47. The molecule has 3 heterocycles. The molecule has 0 saturated heterocycles. The SMILES string of the molecule is Cc1c(Cl)cccc1NC(=O)N1Cc2c(sc3c2CCCC3)-n2cccc2[C@@H]1c1ccccc1. The molecule has 0 unspecified atom stereocenters. The highest BCUT2D eigenvalue weighted by Crippen LogP contribution is 2.44. The van der Waals surface area contributed by atoms with Crippen molar-refractivity contribution in [3.8, 4) is 5.00 Å². The number of rotatable bonds is 2. The predicted molar refractivity (Wildman–Crippen MR) is 139 cm³/mol. The first kappa shape index (κ1) is 21.5. The molecule has 34 heavy (non-hydrogen) atoms. The van der Waals surface area contributed by atoms with Crippen LogP contribution in [0.15, 0.2) is 66.9 Å². The van der Waals surface area contributed by atoms with E-state index >= 15 is 0 Å². The van der Waals surface area contributed by atoms with Crippen LogP contribution in [0.3, 0.4) is 0 Å². The summed E-state index contributed by atoms with van der Waals surface area (Å²) >= 11 is 8.26. The number of thiophene rings is 1. The van der Waals surface area contributed by atoms with Crippen LogP contribution in [0.25, 0.3) is 5.00 Å². The highest BCUT2D eigenvalue weighted by molar-refractivity contribution is 7.15. The first-order valence-electron chi connectivity index (χ1n) is 11.8. The minimum Gasteiger partial charge on any atom is -0.310 e. The van der Waals surface area contributed by atoms with Gasteiger partial charge in [-0.3, -0.25) is 0 Å². The average Bonchev–Trinajstić information content (AvgIpc) is 3.44. The van der Waals surface area contributed by atoms with Crippen LogP contribution in [0.5, 0.6) is 0 Å². The van der Waals surface area contributed by atoms with Crippen LogP contribution in [0.2, 0.25) is 5.02 Å². The number of carbonyl (C=O) groups is 1. The maximum atomic E-state index is 14.0. The van der Waals surface area contributed by atoms with Crippen LogP contribution in [0.1, 0.15) is 51.7 Å². The Balaban J connectivity index is 1.50. The lowest BCUT2D eigenvalue weighted by molar-refractivity contribution is 0.194. The van der Waals surface area contributed by atoms with E-state index < -0.39 is 0 Å². The molecule has 0 fully saturated rings. The van der Waals surface area contributed by atoms with Gasteiger partial charge in [-0.1, -0.05) is 48.0 Å². The second-order valence-corrected chi connectivity index (χ2v) is 10.6. The molecule has 1 atom stereocenters. The number of halogens is 1. The lowest BCUT2D eigenvalue weighted by atomic mass is 9.95. The number of nitrogens with one attached hydrogen (secondary N) is 1. The second-order valence-electron chi connectivity index (χ2n) is 9.08. The van der Waals surface area contributed by atoms with E-state index in [4.69, 9.17) is 11.6 Å². The van der Waals surface area contributed by atoms with Crippen molar-refractivity contribution in [2.75, 3.05) is 5.32 Å². The standard InChI is InChI=1S/C28H26ClN3OS/c1-18-22(29)12-7-13-23(18)30-28(33)32-17-21-20-11-5-6-15-25(20)34-27(21)31-16-8-14-24(31)26(32)19-9-3-2-4-10-19/h2-4,7-10,12-14,16,26H,5-6,11,15,17H2,1H3,(H,30,33)/t26-/m0/s1. The molecule has 0 spiro atoms. The Hall–Kier alpha value is -3.02. The van der Waals surface area contributed by atoms with Gasteiger partial charge in [-0.05, 0) is 73.6 Å². The smallest absolute Gasteiger partial charge is 0.310 e. The summed E-state index contributed by atoms with van der Waals surface area (Å²) in [6.45, 7) is 2.52. The van der Waals surface area contributed by atoms with Crippen molar-refractivity contribution >= 4 is 34.7 Å². The van der Waals surface area contributed by atoms with E-state index in [1.54, 1.807) is 0 Å². The topological polar surface area (TPSA) is 37.3 Å². The summed E-state index contributed by atoms with van der Waals surface area (Å²) in [5, 5.41) is 5.09. The van der Waals surface area contributed by atoms with Crippen LogP contribution in [-0.4, -0.2) is 15.5 Å². The highest BCUT2D eigenvalue weighted by atomic mass is 35.5. The summed E-state index contributed by atoms with van der Waals surface area (Å²) in [7, 11) is 0. The fourth-order valence-corrected chi connectivity index (χ4v) is 6.88. The number of amides is 2. The van der Waals surface area contributed by atoms with E-state index in [0.717, 1.165) is 35.3 Å². The highest BCUT2D eigenvalue weighted by Gasteiger charge is 2.36. The van der Waals surface area contributed by atoms with Crippen molar-refractivity contribution in [1.29, 1.82) is 0 Å². The molecule has 172 valence electrons. The van der Waals surface area contributed by atoms with Crippen molar-refractivity contribution < 1.29 is 4.79 Å². The third kappa shape index (κ3) is 3.55. The average molecular weight is 488 g/mol. The number of benzene rings is 2. The van der Waals surface area contributed by atoms with E-state index in [9.17, 15) is 4.79 Å². The largest absolute Gasteiger partial charge is 0.322 e. The number of aromatic nitrogens is 1. The maximum absolute atomic E-state index is 14.0. The van der Waals surface area contributed by atoms with Gasteiger partial charge in [-0.25, -0.2) is 4.79 Å². The quantitative estimate of drug-likeness (QED) is 0.312. The number of nitrogens with zero attached hydrogens (tertiary/aromatic N) is 2. The van der Waals surface area contributed by atoms with E-state index in [1.807, 2.05) is 59.6 Å². The van der Waals surface area contributed by atoms with E-state index in [1.165, 1.54) is 33.8 Å². The Bertz CT molecular complexity index is 1370. The molecule has 4 nitrogen and oxygen atoms in total. The number of hydrogen-bond acceptors (Lipinski definition) is 2. The second kappa shape index (κ2) is 8.64. The van der Waals surface area contributed by atoms with Crippen molar-refractivity contribution in [2.45, 2.75) is 45.2 Å². The number of aryl methyl sites for hydroxylation is 1. The van der Waals surface area contributed by atoms with Gasteiger partial charge < -0.3 is 14.8 Å². The van der Waals surface area contributed by atoms with Crippen LogP contribution < -0.4 is 5.32 Å². The molecule has 0 bridgehead atoms. The number of hydrogen-bond donors (Lipinski definition) is 1. The zero-order valence-corrected chi connectivity index (χ0v) is 20.6. The third-order valence-corrected chi connectivity index (χ3v) is 8.81. The molecular formula is C28H26ClN3OS. The first-order chi connectivity index (χ1) is 16.6. The third-order valence-electron chi connectivity index (χ3n) is 7.06. The number of fused-ring (bicyclic) bond motifs is 5. The molecule has 0 saturated carbocycles. The molecule has 6 rings (SSSR count). The van der Waals surface area contributed by atoms with Gasteiger partial charge in [0.2, 0.25) is 0 Å². The van der Waals surface area contributed by atoms with Crippen molar-refractivity contribution in [1.82, 2.24) is 9.47 Å². The molecular weight excluding hydrogens is 462 g/mol. The summed E-state index contributed by atoms with van der Waals surface area (Å²) in [4.78, 5) is 17.4. The Morgan fingerprint density at radius 2 is 1.82 bits per heavy atom. The molecule has 4 aromatic rings. The Morgan fingerprint density at radius 1 is 1.00 bits per heavy atom. The molecule has 1 aliphatic carbocycles. The van der Waals surface area contributed by atoms with Gasteiger partial charge in [0.25, 0.3) is 0 Å². The van der Waals surface area contributed by atoms with Gasteiger partial charge in [-0.2, -0.15) is 0 Å². The van der Waals surface area contributed by atoms with Crippen LogP contribution in [0.4, 0.5) is 10.5 Å². The Labute approximate surface area is 208 Å². The van der Waals surface area contributed by atoms with Crippen molar-refractivity contribution in [3.63, 3.8) is 0 Å². The van der Waals surface area contributed by atoms with E-state index in [2.05, 4.69) is 40.3 Å². The minimum atomic E-state index is -0.200. The van der Waals surface area contributed by atoms with Crippen LogP contribution >= 0.6 is 22.9 Å². The van der Waals surface area contributed by atoms with Gasteiger partial charge in [0.1, 0.15) is 5.00 Å². The molecule has 6 heteroatoms. The van der Waals surface area contributed by atoms with Gasteiger partial charge >= 0.3 is 6.03 Å². The predicted octanol–water partition coefficient (Wildman–Crippen LogP) is 7.52. The Morgan fingerprint density at radius 3 is 2.68 bits per heavy atom. The summed E-state index contributed by atoms with van der Waals surface area (Å²) < 4.78 is 2.31. The van der Waals surface area contributed by atoms with E-state index in [0.29, 0.717) is 11.6 Å². The van der Waals surface area contributed by atoms with Crippen molar-refractivity contribution in [2.24, 2.45) is 0 Å². The fourth-order valence-electron chi connectivity index (χ4n) is 5.30. The maximum Gasteiger partial charge on any atom is 0.322 e. The molecule has 2 amide bonds. The fraction of sp³-hybridized carbons (Fsp3) is 0.250. The zero-order valence-electron chi connectivity index (χ0n) is 19.1. The normalized spacial score (nSPS) is 16.9. The van der Waals surface area contributed by atoms with Crippen LogP contribution in [-0.2, 0) is 19.4 Å². The lowest BCUT2D eigenvalue weighted by Crippen LogP contribution is -2.38. The van der Waals surface area contributed by atoms with Gasteiger partial charge in [0, 0.05) is 27.3 Å². The lowest BCUT2D eigenvalue weighted by Gasteiger charge is -2.31. The first-order valence-corrected chi connectivity index (χ1v) is 13.0. The van der Waals surface area contributed by atoms with Gasteiger partial charge in [-0.15, -0.1) is 11.3 Å². The van der Waals surface area contributed by atoms with Gasteiger partial charge in [0.05, 0.1) is 18.3 Å². The minimum absolute atomic E-state index is 0.115. The van der Waals surface area contributed by atoms with Gasteiger partial charge in [0.15, 0.2) is 0 Å². The summed E-state index contributed by atoms with van der Waals surface area (Å²) in [5.41, 5.74) is 6.59. The molecule has 2 aromatic carbocycles.